The smallest absolute Gasteiger partial charge is 0.257 e. The van der Waals surface area contributed by atoms with Crippen molar-refractivity contribution in [3.8, 4) is 17.3 Å². The van der Waals surface area contributed by atoms with E-state index in [4.69, 9.17) is 5.26 Å². The summed E-state index contributed by atoms with van der Waals surface area (Å²) in [6.45, 7) is 1.88. The number of carbonyl (C=O) groups excluding carboxylic acids is 1. The van der Waals surface area contributed by atoms with E-state index < -0.39 is 0 Å². The van der Waals surface area contributed by atoms with Gasteiger partial charge in [-0.1, -0.05) is 18.2 Å². The second kappa shape index (κ2) is 6.34. The summed E-state index contributed by atoms with van der Waals surface area (Å²) in [4.78, 5) is 16.9. The highest BCUT2D eigenvalue weighted by Gasteiger charge is 2.16. The summed E-state index contributed by atoms with van der Waals surface area (Å²) in [6.07, 6.45) is 3.28. The van der Waals surface area contributed by atoms with Crippen molar-refractivity contribution < 1.29 is 4.79 Å². The molecule has 0 atom stereocenters. The van der Waals surface area contributed by atoms with Gasteiger partial charge in [-0.25, -0.2) is 0 Å². The van der Waals surface area contributed by atoms with E-state index in [1.165, 1.54) is 4.68 Å². The van der Waals surface area contributed by atoms with Gasteiger partial charge in [-0.3, -0.25) is 14.5 Å². The van der Waals surface area contributed by atoms with Crippen LogP contribution in [0.15, 0.2) is 48.8 Å². The van der Waals surface area contributed by atoms with Crippen molar-refractivity contribution in [2.24, 2.45) is 7.05 Å². The monoisotopic (exact) mass is 317 g/mol. The minimum atomic E-state index is -0.305. The first-order valence-electron chi connectivity index (χ1n) is 7.36. The van der Waals surface area contributed by atoms with Crippen LogP contribution < -0.4 is 5.32 Å². The number of aryl methyl sites for hydroxylation is 1. The van der Waals surface area contributed by atoms with Gasteiger partial charge in [-0.05, 0) is 30.7 Å². The average molecular weight is 317 g/mol. The second-order valence-corrected chi connectivity index (χ2v) is 5.32. The van der Waals surface area contributed by atoms with Crippen LogP contribution in [-0.4, -0.2) is 20.7 Å². The Labute approximate surface area is 139 Å². The first kappa shape index (κ1) is 15.4. The third-order valence-electron chi connectivity index (χ3n) is 3.70. The number of hydrogen-bond donors (Lipinski definition) is 1. The molecule has 0 spiro atoms. The number of rotatable bonds is 3. The number of benzene rings is 1. The third-order valence-corrected chi connectivity index (χ3v) is 3.70. The van der Waals surface area contributed by atoms with E-state index in [1.54, 1.807) is 25.5 Å². The van der Waals surface area contributed by atoms with Gasteiger partial charge in [-0.2, -0.15) is 10.4 Å². The van der Waals surface area contributed by atoms with Crippen LogP contribution in [-0.2, 0) is 7.05 Å². The van der Waals surface area contributed by atoms with Crippen molar-refractivity contribution in [1.82, 2.24) is 14.8 Å². The molecule has 2 aromatic heterocycles. The fourth-order valence-corrected chi connectivity index (χ4v) is 2.52. The number of pyridine rings is 1. The molecule has 0 saturated carbocycles. The SMILES string of the molecule is Cc1c(C(=O)Nc2nn(C)cc2C#N)cccc1-c1ccccn1. The van der Waals surface area contributed by atoms with Crippen LogP contribution in [0, 0.1) is 18.3 Å². The predicted octanol–water partition coefficient (Wildman–Crippen LogP) is 2.91. The van der Waals surface area contributed by atoms with Crippen molar-refractivity contribution in [2.45, 2.75) is 6.92 Å². The van der Waals surface area contributed by atoms with E-state index in [1.807, 2.05) is 43.3 Å². The number of nitrogens with one attached hydrogen (secondary N) is 1. The molecule has 24 heavy (non-hydrogen) atoms. The van der Waals surface area contributed by atoms with Crippen LogP contribution in [0.25, 0.3) is 11.3 Å². The van der Waals surface area contributed by atoms with E-state index in [-0.39, 0.29) is 11.7 Å². The van der Waals surface area contributed by atoms with Crippen molar-refractivity contribution in [1.29, 1.82) is 5.26 Å². The largest absolute Gasteiger partial charge is 0.304 e. The molecule has 0 bridgehead atoms. The Kier molecular flexibility index (Phi) is 4.08. The van der Waals surface area contributed by atoms with Crippen LogP contribution in [0.3, 0.4) is 0 Å². The molecule has 2 heterocycles. The Balaban J connectivity index is 1.95. The molecule has 0 radical (unpaired) electrons. The fourth-order valence-electron chi connectivity index (χ4n) is 2.52. The molecule has 6 nitrogen and oxygen atoms in total. The molecule has 0 aliphatic heterocycles. The van der Waals surface area contributed by atoms with Gasteiger partial charge in [0, 0.05) is 30.6 Å². The number of anilines is 1. The van der Waals surface area contributed by atoms with Gasteiger partial charge in [0.2, 0.25) is 0 Å². The predicted molar refractivity (Wildman–Crippen MR) is 90.3 cm³/mol. The summed E-state index contributed by atoms with van der Waals surface area (Å²) in [7, 11) is 1.70. The molecule has 1 N–H and O–H groups in total. The van der Waals surface area contributed by atoms with Crippen LogP contribution in [0.2, 0.25) is 0 Å². The molecule has 0 unspecified atom stereocenters. The number of carbonyl (C=O) groups is 1. The lowest BCUT2D eigenvalue weighted by Crippen LogP contribution is -2.15. The highest BCUT2D eigenvalue weighted by Crippen LogP contribution is 2.24. The molecule has 0 saturated heterocycles. The Bertz CT molecular complexity index is 938. The number of hydrogen-bond acceptors (Lipinski definition) is 4. The van der Waals surface area contributed by atoms with Crippen molar-refractivity contribution >= 4 is 11.7 Å². The first-order chi connectivity index (χ1) is 11.6. The highest BCUT2D eigenvalue weighted by atomic mass is 16.1. The van der Waals surface area contributed by atoms with Gasteiger partial charge in [0.1, 0.15) is 11.6 Å². The van der Waals surface area contributed by atoms with E-state index >= 15 is 0 Å². The summed E-state index contributed by atoms with van der Waals surface area (Å²) in [5.41, 5.74) is 3.37. The van der Waals surface area contributed by atoms with Crippen molar-refractivity contribution in [2.75, 3.05) is 5.32 Å². The Morgan fingerprint density at radius 2 is 2.08 bits per heavy atom. The molecule has 1 aromatic carbocycles. The fraction of sp³-hybridized carbons (Fsp3) is 0.111. The van der Waals surface area contributed by atoms with Gasteiger partial charge < -0.3 is 5.32 Å². The Morgan fingerprint density at radius 3 is 2.79 bits per heavy atom. The van der Waals surface area contributed by atoms with Gasteiger partial charge in [0.05, 0.1) is 5.69 Å². The molecule has 3 aromatic rings. The molecular weight excluding hydrogens is 302 g/mol. The zero-order chi connectivity index (χ0) is 17.1. The Hall–Kier alpha value is -3.46. The molecule has 1 amide bonds. The number of amides is 1. The summed E-state index contributed by atoms with van der Waals surface area (Å²) < 4.78 is 1.49. The number of aromatic nitrogens is 3. The maximum Gasteiger partial charge on any atom is 0.257 e. The quantitative estimate of drug-likeness (QED) is 0.805. The first-order valence-corrected chi connectivity index (χ1v) is 7.36. The zero-order valence-electron chi connectivity index (χ0n) is 13.3. The van der Waals surface area contributed by atoms with Gasteiger partial charge in [-0.15, -0.1) is 0 Å². The van der Waals surface area contributed by atoms with Crippen LogP contribution in [0.4, 0.5) is 5.82 Å². The maximum atomic E-state index is 12.6. The molecule has 0 aliphatic rings. The highest BCUT2D eigenvalue weighted by molar-refractivity contribution is 6.06. The summed E-state index contributed by atoms with van der Waals surface area (Å²) in [5.74, 6) is -0.0480. The minimum absolute atomic E-state index is 0.257. The molecule has 6 heteroatoms. The van der Waals surface area contributed by atoms with Crippen molar-refractivity contribution in [3.05, 3.63) is 65.5 Å². The lowest BCUT2D eigenvalue weighted by molar-refractivity contribution is 0.102. The van der Waals surface area contributed by atoms with E-state index in [9.17, 15) is 4.79 Å². The van der Waals surface area contributed by atoms with Crippen LogP contribution in [0.5, 0.6) is 0 Å². The standard InChI is InChI=1S/C18H15N5O/c1-12-14(16-8-3-4-9-20-16)6-5-7-15(12)18(24)21-17-13(10-19)11-23(2)22-17/h3-9,11H,1-2H3,(H,21,22,24). The van der Waals surface area contributed by atoms with Gasteiger partial charge >= 0.3 is 0 Å². The molecule has 118 valence electrons. The third kappa shape index (κ3) is 2.88. The molecule has 0 aliphatic carbocycles. The zero-order valence-corrected chi connectivity index (χ0v) is 13.3. The van der Waals surface area contributed by atoms with Crippen LogP contribution in [0.1, 0.15) is 21.5 Å². The van der Waals surface area contributed by atoms with E-state index in [0.29, 0.717) is 11.1 Å². The van der Waals surface area contributed by atoms with E-state index in [0.717, 1.165) is 16.8 Å². The topological polar surface area (TPSA) is 83.6 Å². The van der Waals surface area contributed by atoms with Crippen LogP contribution >= 0.6 is 0 Å². The molecule has 0 fully saturated rings. The lowest BCUT2D eigenvalue weighted by Gasteiger charge is -2.10. The second-order valence-electron chi connectivity index (χ2n) is 5.32. The minimum Gasteiger partial charge on any atom is -0.304 e. The normalized spacial score (nSPS) is 10.2. The van der Waals surface area contributed by atoms with Gasteiger partial charge in [0.15, 0.2) is 5.82 Å². The molecular formula is C18H15N5O. The Morgan fingerprint density at radius 1 is 1.25 bits per heavy atom. The summed E-state index contributed by atoms with van der Waals surface area (Å²) in [6, 6.07) is 13.2. The van der Waals surface area contributed by atoms with Crippen molar-refractivity contribution in [3.63, 3.8) is 0 Å². The summed E-state index contributed by atoms with van der Waals surface area (Å²) >= 11 is 0. The summed E-state index contributed by atoms with van der Waals surface area (Å²) in [5, 5.41) is 15.9. The van der Waals surface area contributed by atoms with E-state index in [2.05, 4.69) is 15.4 Å². The lowest BCUT2D eigenvalue weighted by atomic mass is 9.99. The number of nitrogens with zero attached hydrogens (tertiary/aromatic N) is 4. The number of nitriles is 1. The average Bonchev–Trinajstić information content (AvgIpc) is 2.95. The maximum absolute atomic E-state index is 12.6. The molecule has 3 rings (SSSR count). The van der Waals surface area contributed by atoms with Gasteiger partial charge in [0.25, 0.3) is 5.91 Å².